The third-order valence-corrected chi connectivity index (χ3v) is 2.46. The maximum atomic E-state index is 8.75. The number of aryl methyl sites for hydroxylation is 1. The van der Waals surface area contributed by atoms with E-state index < -0.39 is 0 Å². The molecule has 0 bridgehead atoms. The number of nitrogens with zero attached hydrogens (tertiary/aromatic N) is 1. The van der Waals surface area contributed by atoms with Gasteiger partial charge in [0.15, 0.2) is 0 Å². The Kier molecular flexibility index (Phi) is 4.70. The molecule has 0 saturated carbocycles. The van der Waals surface area contributed by atoms with Gasteiger partial charge in [-0.1, -0.05) is 0 Å². The van der Waals surface area contributed by atoms with Gasteiger partial charge in [-0.25, -0.2) is 0 Å². The van der Waals surface area contributed by atoms with Crippen molar-refractivity contribution in [2.24, 2.45) is 0 Å². The summed E-state index contributed by atoms with van der Waals surface area (Å²) in [4.78, 5) is 0. The van der Waals surface area contributed by atoms with E-state index in [0.29, 0.717) is 6.04 Å². The van der Waals surface area contributed by atoms with Crippen molar-refractivity contribution < 1.29 is 5.11 Å². The summed E-state index contributed by atoms with van der Waals surface area (Å²) in [5, 5.41) is 12.1. The number of aliphatic hydroxyl groups is 1. The molecule has 0 spiro atoms. The fourth-order valence-electron chi connectivity index (χ4n) is 1.49. The molecule has 0 aliphatic heterocycles. The van der Waals surface area contributed by atoms with E-state index >= 15 is 0 Å². The first-order valence-corrected chi connectivity index (χ1v) is 5.26. The molecule has 1 heterocycles. The van der Waals surface area contributed by atoms with Crippen LogP contribution >= 0.6 is 0 Å². The Hall–Kier alpha value is -0.800. The van der Waals surface area contributed by atoms with E-state index in [1.165, 1.54) is 5.69 Å². The van der Waals surface area contributed by atoms with E-state index in [1.807, 2.05) is 0 Å². The first kappa shape index (κ1) is 11.3. The van der Waals surface area contributed by atoms with Crippen LogP contribution in [0.2, 0.25) is 0 Å². The zero-order chi connectivity index (χ0) is 10.4. The third-order valence-electron chi connectivity index (χ3n) is 2.46. The van der Waals surface area contributed by atoms with Crippen LogP contribution in [0.1, 0.15) is 26.0 Å². The molecule has 0 radical (unpaired) electrons. The minimum atomic E-state index is 0.253. The summed E-state index contributed by atoms with van der Waals surface area (Å²) < 4.78 is 2.22. The molecule has 2 N–H and O–H groups in total. The van der Waals surface area contributed by atoms with Gasteiger partial charge in [0.25, 0.3) is 0 Å². The van der Waals surface area contributed by atoms with E-state index in [0.717, 1.165) is 19.5 Å². The Morgan fingerprint density at radius 1 is 1.57 bits per heavy atom. The Morgan fingerprint density at radius 3 is 3.00 bits per heavy atom. The lowest BCUT2D eigenvalue weighted by Crippen LogP contribution is -2.27. The first-order chi connectivity index (χ1) is 6.77. The van der Waals surface area contributed by atoms with Gasteiger partial charge in [0.2, 0.25) is 0 Å². The summed E-state index contributed by atoms with van der Waals surface area (Å²) in [6.07, 6.45) is 2.90. The Morgan fingerprint density at radius 2 is 2.36 bits per heavy atom. The number of rotatable bonds is 6. The minimum Gasteiger partial charge on any atom is -0.396 e. The predicted octanol–water partition coefficient (Wildman–Crippen LogP) is 1.37. The lowest BCUT2D eigenvalue weighted by molar-refractivity contribution is 0.268. The molecule has 0 fully saturated rings. The van der Waals surface area contributed by atoms with Crippen LogP contribution in [-0.4, -0.2) is 22.3 Å². The molecule has 0 aliphatic carbocycles. The van der Waals surface area contributed by atoms with Crippen molar-refractivity contribution in [3.63, 3.8) is 0 Å². The van der Waals surface area contributed by atoms with Gasteiger partial charge in [-0.3, -0.25) is 0 Å². The number of hydrogen-bond acceptors (Lipinski definition) is 2. The maximum absolute atomic E-state index is 8.75. The molecule has 1 atom stereocenters. The molecule has 1 aromatic heterocycles. The maximum Gasteiger partial charge on any atom is 0.0445 e. The van der Waals surface area contributed by atoms with Crippen molar-refractivity contribution >= 4 is 0 Å². The topological polar surface area (TPSA) is 37.2 Å². The SMILES string of the molecule is CCn1cccc1CNC(C)CCO. The van der Waals surface area contributed by atoms with Crippen molar-refractivity contribution in [3.05, 3.63) is 24.0 Å². The molecule has 3 heteroatoms. The fraction of sp³-hybridized carbons (Fsp3) is 0.636. The second-order valence-corrected chi connectivity index (χ2v) is 3.58. The van der Waals surface area contributed by atoms with Gasteiger partial charge < -0.3 is 15.0 Å². The third kappa shape index (κ3) is 3.16. The van der Waals surface area contributed by atoms with Gasteiger partial charge in [-0.2, -0.15) is 0 Å². The standard InChI is InChI=1S/C11H20N2O/c1-3-13-7-4-5-11(13)9-12-10(2)6-8-14/h4-5,7,10,12,14H,3,6,8-9H2,1-2H3. The van der Waals surface area contributed by atoms with Crippen molar-refractivity contribution in [3.8, 4) is 0 Å². The number of hydrogen-bond donors (Lipinski definition) is 2. The van der Waals surface area contributed by atoms with E-state index in [2.05, 4.69) is 42.1 Å². The van der Waals surface area contributed by atoms with E-state index in [4.69, 9.17) is 5.11 Å². The van der Waals surface area contributed by atoms with Crippen LogP contribution in [0.15, 0.2) is 18.3 Å². The monoisotopic (exact) mass is 196 g/mol. The van der Waals surface area contributed by atoms with E-state index in [-0.39, 0.29) is 6.61 Å². The summed E-state index contributed by atoms with van der Waals surface area (Å²) in [5.74, 6) is 0. The van der Waals surface area contributed by atoms with E-state index in [1.54, 1.807) is 0 Å². The van der Waals surface area contributed by atoms with Gasteiger partial charge in [0.05, 0.1) is 0 Å². The molecule has 0 aliphatic rings. The molecular weight excluding hydrogens is 176 g/mol. The fourth-order valence-corrected chi connectivity index (χ4v) is 1.49. The number of nitrogens with one attached hydrogen (secondary N) is 1. The van der Waals surface area contributed by atoms with Crippen LogP contribution in [0.5, 0.6) is 0 Å². The Balaban J connectivity index is 2.37. The largest absolute Gasteiger partial charge is 0.396 e. The van der Waals surface area contributed by atoms with Crippen molar-refractivity contribution in [2.45, 2.75) is 39.4 Å². The minimum absolute atomic E-state index is 0.253. The molecule has 1 unspecified atom stereocenters. The number of aliphatic hydroxyl groups excluding tert-OH is 1. The average Bonchev–Trinajstić information content (AvgIpc) is 2.62. The molecule has 0 amide bonds. The molecular formula is C11H20N2O. The lowest BCUT2D eigenvalue weighted by Gasteiger charge is -2.13. The van der Waals surface area contributed by atoms with Crippen LogP contribution in [-0.2, 0) is 13.1 Å². The van der Waals surface area contributed by atoms with Gasteiger partial charge in [0.1, 0.15) is 0 Å². The summed E-state index contributed by atoms with van der Waals surface area (Å²) in [6, 6.07) is 4.57. The van der Waals surface area contributed by atoms with Crippen LogP contribution in [0.25, 0.3) is 0 Å². The van der Waals surface area contributed by atoms with Crippen LogP contribution in [0.4, 0.5) is 0 Å². The predicted molar refractivity (Wildman–Crippen MR) is 58.1 cm³/mol. The summed E-state index contributed by atoms with van der Waals surface area (Å²) >= 11 is 0. The highest BCUT2D eigenvalue weighted by Crippen LogP contribution is 2.02. The normalized spacial score (nSPS) is 13.1. The van der Waals surface area contributed by atoms with Crippen molar-refractivity contribution in [2.75, 3.05) is 6.61 Å². The second-order valence-electron chi connectivity index (χ2n) is 3.58. The first-order valence-electron chi connectivity index (χ1n) is 5.26. The quantitative estimate of drug-likeness (QED) is 0.721. The van der Waals surface area contributed by atoms with Crippen molar-refractivity contribution in [1.29, 1.82) is 0 Å². The molecule has 1 rings (SSSR count). The molecule has 0 aromatic carbocycles. The highest BCUT2D eigenvalue weighted by molar-refractivity contribution is 5.06. The summed E-state index contributed by atoms with van der Waals surface area (Å²) in [7, 11) is 0. The zero-order valence-corrected chi connectivity index (χ0v) is 9.03. The van der Waals surface area contributed by atoms with Gasteiger partial charge in [-0.15, -0.1) is 0 Å². The van der Waals surface area contributed by atoms with Crippen molar-refractivity contribution in [1.82, 2.24) is 9.88 Å². The van der Waals surface area contributed by atoms with Crippen LogP contribution < -0.4 is 5.32 Å². The smallest absolute Gasteiger partial charge is 0.0445 e. The highest BCUT2D eigenvalue weighted by atomic mass is 16.3. The van der Waals surface area contributed by atoms with Gasteiger partial charge >= 0.3 is 0 Å². The molecule has 3 nitrogen and oxygen atoms in total. The Labute approximate surface area is 85.7 Å². The van der Waals surface area contributed by atoms with E-state index in [9.17, 15) is 0 Å². The molecule has 14 heavy (non-hydrogen) atoms. The molecule has 1 aromatic rings. The van der Waals surface area contributed by atoms with Gasteiger partial charge in [0, 0.05) is 37.6 Å². The van der Waals surface area contributed by atoms with Crippen LogP contribution in [0, 0.1) is 0 Å². The molecule has 80 valence electrons. The lowest BCUT2D eigenvalue weighted by atomic mass is 10.2. The highest BCUT2D eigenvalue weighted by Gasteiger charge is 2.02. The number of aromatic nitrogens is 1. The summed E-state index contributed by atoms with van der Waals surface area (Å²) in [5.41, 5.74) is 1.30. The Bertz CT molecular complexity index is 258. The second kappa shape index (κ2) is 5.83. The zero-order valence-electron chi connectivity index (χ0n) is 9.03. The van der Waals surface area contributed by atoms with Crippen LogP contribution in [0.3, 0.4) is 0 Å². The average molecular weight is 196 g/mol. The summed E-state index contributed by atoms with van der Waals surface area (Å²) in [6.45, 7) is 6.37. The van der Waals surface area contributed by atoms with Gasteiger partial charge in [-0.05, 0) is 32.4 Å². The molecule has 0 saturated heterocycles.